The SMILES string of the molecule is Cc1cc(C(C)N2Cc3c(ccnc3Cl)C2=O)n(C)c1OCC(F)(F)F. The van der Waals surface area contributed by atoms with Crippen LogP contribution in [-0.2, 0) is 13.6 Å². The molecule has 0 saturated heterocycles. The van der Waals surface area contributed by atoms with Crippen molar-refractivity contribution >= 4 is 17.5 Å². The topological polar surface area (TPSA) is 47.4 Å². The fourth-order valence-electron chi connectivity index (χ4n) is 3.21. The maximum atomic E-state index is 12.7. The Morgan fingerprint density at radius 2 is 2.12 bits per heavy atom. The highest BCUT2D eigenvalue weighted by molar-refractivity contribution is 6.30. The molecule has 1 amide bonds. The van der Waals surface area contributed by atoms with E-state index in [4.69, 9.17) is 16.3 Å². The minimum Gasteiger partial charge on any atom is -0.469 e. The van der Waals surface area contributed by atoms with Gasteiger partial charge < -0.3 is 14.2 Å². The maximum Gasteiger partial charge on any atom is 0.422 e. The predicted octanol–water partition coefficient (Wildman–Crippen LogP) is 4.04. The third kappa shape index (κ3) is 3.25. The summed E-state index contributed by atoms with van der Waals surface area (Å²) in [7, 11) is 1.62. The highest BCUT2D eigenvalue weighted by Crippen LogP contribution is 2.36. The second-order valence-corrected chi connectivity index (χ2v) is 6.62. The molecule has 0 aliphatic carbocycles. The van der Waals surface area contributed by atoms with Crippen LogP contribution in [0.2, 0.25) is 5.15 Å². The van der Waals surface area contributed by atoms with Crippen LogP contribution in [-0.4, -0.2) is 33.1 Å². The molecule has 0 saturated carbocycles. The normalized spacial score (nSPS) is 15.3. The lowest BCUT2D eigenvalue weighted by atomic mass is 10.2. The fourth-order valence-corrected chi connectivity index (χ4v) is 3.43. The van der Waals surface area contributed by atoms with Crippen LogP contribution in [0.15, 0.2) is 18.3 Å². The zero-order valence-electron chi connectivity index (χ0n) is 14.4. The van der Waals surface area contributed by atoms with Gasteiger partial charge in [-0.2, -0.15) is 13.2 Å². The largest absolute Gasteiger partial charge is 0.469 e. The zero-order valence-corrected chi connectivity index (χ0v) is 15.1. The summed E-state index contributed by atoms with van der Waals surface area (Å²) in [4.78, 5) is 18.3. The molecule has 2 aromatic heterocycles. The van der Waals surface area contributed by atoms with E-state index >= 15 is 0 Å². The van der Waals surface area contributed by atoms with Crippen molar-refractivity contribution in [2.45, 2.75) is 32.6 Å². The molecule has 140 valence electrons. The number of aromatic nitrogens is 2. The van der Waals surface area contributed by atoms with E-state index in [-0.39, 0.29) is 23.0 Å². The van der Waals surface area contributed by atoms with Crippen molar-refractivity contribution in [3.05, 3.63) is 45.9 Å². The Balaban J connectivity index is 1.87. The summed E-state index contributed by atoms with van der Waals surface area (Å²) in [6.45, 7) is 2.41. The second-order valence-electron chi connectivity index (χ2n) is 6.26. The smallest absolute Gasteiger partial charge is 0.422 e. The molecular formula is C17H17ClF3N3O2. The molecule has 1 atom stereocenters. The number of rotatable bonds is 4. The molecule has 2 aromatic rings. The summed E-state index contributed by atoms with van der Waals surface area (Å²) >= 11 is 6.07. The van der Waals surface area contributed by atoms with Crippen molar-refractivity contribution in [1.29, 1.82) is 0 Å². The monoisotopic (exact) mass is 387 g/mol. The summed E-state index contributed by atoms with van der Waals surface area (Å²) in [6, 6.07) is 2.97. The van der Waals surface area contributed by atoms with Gasteiger partial charge in [0.25, 0.3) is 5.91 Å². The van der Waals surface area contributed by atoms with Crippen molar-refractivity contribution in [3.63, 3.8) is 0 Å². The minimum absolute atomic E-state index is 0.132. The molecule has 0 N–H and O–H groups in total. The van der Waals surface area contributed by atoms with E-state index < -0.39 is 12.8 Å². The Kier molecular flexibility index (Phi) is 4.64. The van der Waals surface area contributed by atoms with Crippen molar-refractivity contribution in [3.8, 4) is 5.88 Å². The standard InChI is InChI=1S/C17H17ClF3N3O2/c1-9-6-13(23(3)16(9)26-8-17(19,20)21)10(2)24-7-12-11(15(24)25)4-5-22-14(12)18/h4-6,10H,7-8H2,1-3H3. The van der Waals surface area contributed by atoms with Crippen LogP contribution in [0, 0.1) is 6.92 Å². The Morgan fingerprint density at radius 3 is 2.73 bits per heavy atom. The van der Waals surface area contributed by atoms with Gasteiger partial charge in [-0.25, -0.2) is 4.98 Å². The number of fused-ring (bicyclic) bond motifs is 1. The number of halogens is 4. The lowest BCUT2D eigenvalue weighted by molar-refractivity contribution is -0.154. The van der Waals surface area contributed by atoms with Gasteiger partial charge in [0, 0.05) is 35.6 Å². The minimum atomic E-state index is -4.42. The average molecular weight is 388 g/mol. The third-order valence-electron chi connectivity index (χ3n) is 4.48. The van der Waals surface area contributed by atoms with E-state index in [0.717, 1.165) is 0 Å². The van der Waals surface area contributed by atoms with Crippen molar-refractivity contribution in [2.75, 3.05) is 6.61 Å². The molecule has 5 nitrogen and oxygen atoms in total. The first-order valence-corrected chi connectivity index (χ1v) is 8.28. The molecule has 3 heterocycles. The van der Waals surface area contributed by atoms with Crippen LogP contribution < -0.4 is 4.74 Å². The van der Waals surface area contributed by atoms with Gasteiger partial charge in [0.1, 0.15) is 5.15 Å². The first-order valence-electron chi connectivity index (χ1n) is 7.90. The van der Waals surface area contributed by atoms with Crippen molar-refractivity contribution in [1.82, 2.24) is 14.5 Å². The van der Waals surface area contributed by atoms with E-state index in [1.54, 1.807) is 35.6 Å². The fraction of sp³-hybridized carbons (Fsp3) is 0.412. The van der Waals surface area contributed by atoms with Gasteiger partial charge >= 0.3 is 6.18 Å². The van der Waals surface area contributed by atoms with E-state index in [0.29, 0.717) is 28.9 Å². The molecular weight excluding hydrogens is 371 g/mol. The molecule has 0 spiro atoms. The number of amides is 1. The summed E-state index contributed by atoms with van der Waals surface area (Å²) in [5.74, 6) is -0.0542. The number of alkyl halides is 3. The van der Waals surface area contributed by atoms with Gasteiger partial charge in [-0.05, 0) is 26.0 Å². The lowest BCUT2D eigenvalue weighted by Crippen LogP contribution is -2.28. The first-order chi connectivity index (χ1) is 12.1. The lowest BCUT2D eigenvalue weighted by Gasteiger charge is -2.25. The molecule has 1 aliphatic heterocycles. The van der Waals surface area contributed by atoms with Crippen LogP contribution in [0.4, 0.5) is 13.2 Å². The van der Waals surface area contributed by atoms with Gasteiger partial charge in [-0.1, -0.05) is 11.6 Å². The zero-order chi connectivity index (χ0) is 19.2. The Labute approximate surface area is 153 Å². The van der Waals surface area contributed by atoms with E-state index in [2.05, 4.69) is 4.98 Å². The van der Waals surface area contributed by atoms with Crippen LogP contribution in [0.5, 0.6) is 5.88 Å². The molecule has 0 bridgehead atoms. The van der Waals surface area contributed by atoms with E-state index in [1.807, 2.05) is 6.92 Å². The van der Waals surface area contributed by atoms with Crippen LogP contribution in [0.1, 0.15) is 40.1 Å². The van der Waals surface area contributed by atoms with E-state index in [9.17, 15) is 18.0 Å². The van der Waals surface area contributed by atoms with Gasteiger partial charge in [-0.15, -0.1) is 0 Å². The molecule has 26 heavy (non-hydrogen) atoms. The summed E-state index contributed by atoms with van der Waals surface area (Å²) in [6.07, 6.45) is -2.94. The average Bonchev–Trinajstić information content (AvgIpc) is 3.03. The quantitative estimate of drug-likeness (QED) is 0.744. The maximum absolute atomic E-state index is 12.7. The van der Waals surface area contributed by atoms with Crippen LogP contribution >= 0.6 is 11.6 Å². The predicted molar refractivity (Wildman–Crippen MR) is 89.2 cm³/mol. The highest BCUT2D eigenvalue weighted by atomic mass is 35.5. The molecule has 0 radical (unpaired) electrons. The van der Waals surface area contributed by atoms with E-state index in [1.165, 1.54) is 6.20 Å². The number of carbonyl (C=O) groups excluding carboxylic acids is 1. The Hall–Kier alpha value is -2.22. The highest BCUT2D eigenvalue weighted by Gasteiger charge is 2.35. The number of pyridine rings is 1. The molecule has 3 rings (SSSR count). The number of carbonyl (C=O) groups is 1. The van der Waals surface area contributed by atoms with Crippen molar-refractivity contribution in [2.24, 2.45) is 7.05 Å². The molecule has 9 heteroatoms. The first kappa shape index (κ1) is 18.6. The summed E-state index contributed by atoms with van der Waals surface area (Å²) in [5, 5.41) is 0.280. The van der Waals surface area contributed by atoms with Gasteiger partial charge in [0.15, 0.2) is 12.5 Å². The number of ether oxygens (including phenoxy) is 1. The molecule has 0 aromatic carbocycles. The summed E-state index contributed by atoms with van der Waals surface area (Å²) in [5.41, 5.74) is 2.40. The summed E-state index contributed by atoms with van der Waals surface area (Å²) < 4.78 is 43.8. The van der Waals surface area contributed by atoms with Crippen molar-refractivity contribution < 1.29 is 22.7 Å². The molecule has 0 fully saturated rings. The number of hydrogen-bond donors (Lipinski definition) is 0. The van der Waals surface area contributed by atoms with Gasteiger partial charge in [-0.3, -0.25) is 4.79 Å². The second kappa shape index (κ2) is 6.50. The Bertz CT molecular complexity index is 864. The molecule has 1 unspecified atom stereocenters. The third-order valence-corrected chi connectivity index (χ3v) is 4.81. The van der Waals surface area contributed by atoms with Crippen LogP contribution in [0.3, 0.4) is 0 Å². The van der Waals surface area contributed by atoms with Gasteiger partial charge in [0.05, 0.1) is 12.6 Å². The van der Waals surface area contributed by atoms with Crippen LogP contribution in [0.25, 0.3) is 0 Å². The molecule has 1 aliphatic rings. The number of hydrogen-bond acceptors (Lipinski definition) is 3. The van der Waals surface area contributed by atoms with Gasteiger partial charge in [0.2, 0.25) is 0 Å². The Morgan fingerprint density at radius 1 is 1.42 bits per heavy atom. The number of nitrogens with zero attached hydrogens (tertiary/aromatic N) is 3. The number of aryl methyl sites for hydroxylation is 1.